The molecule has 0 radical (unpaired) electrons. The number of hydrogen-bond acceptors (Lipinski definition) is 2. The second kappa shape index (κ2) is 7.07. The summed E-state index contributed by atoms with van der Waals surface area (Å²) >= 11 is 0. The highest BCUT2D eigenvalue weighted by Gasteiger charge is 2.28. The second-order valence-corrected chi connectivity index (χ2v) is 4.65. The van der Waals surface area contributed by atoms with Crippen molar-refractivity contribution in [3.63, 3.8) is 0 Å². The highest BCUT2D eigenvalue weighted by molar-refractivity contribution is 6.59. The number of unbranched alkanes of at least 4 members (excludes halogenated alkanes) is 4. The summed E-state index contributed by atoms with van der Waals surface area (Å²) in [4.78, 5) is 4.81. The standard InChI is InChI=1S/C12H25BN2/c1-4-5-6-7-8-9-10-13-14(2)11-12-15(13)3/h9-10H,4-8,11-12H2,1-3H3/b10-9+. The Balaban J connectivity index is 2.14. The summed E-state index contributed by atoms with van der Waals surface area (Å²) in [5.41, 5.74) is 0. The first-order valence-corrected chi connectivity index (χ1v) is 6.33. The molecule has 0 aliphatic carbocycles. The SMILES string of the molecule is CCCCCC/C=C/B1N(C)CCN1C. The number of likely N-dealkylation sites (N-methyl/N-ethyl adjacent to an activating group) is 2. The smallest absolute Gasteiger partial charge is 0.326 e. The highest BCUT2D eigenvalue weighted by atomic mass is 15.3. The summed E-state index contributed by atoms with van der Waals surface area (Å²) in [6, 6.07) is 0. The van der Waals surface area contributed by atoms with Gasteiger partial charge in [0.2, 0.25) is 0 Å². The van der Waals surface area contributed by atoms with Crippen LogP contribution in [0.25, 0.3) is 0 Å². The van der Waals surface area contributed by atoms with Gasteiger partial charge in [0.1, 0.15) is 0 Å². The van der Waals surface area contributed by atoms with Crippen LogP contribution in [0.15, 0.2) is 12.1 Å². The Labute approximate surface area is 95.4 Å². The first-order valence-electron chi connectivity index (χ1n) is 6.33. The lowest BCUT2D eigenvalue weighted by atomic mass is 9.74. The molecule has 0 bridgehead atoms. The molecule has 0 unspecified atom stereocenters. The van der Waals surface area contributed by atoms with Crippen molar-refractivity contribution in [3.05, 3.63) is 12.1 Å². The fraction of sp³-hybridized carbons (Fsp3) is 0.833. The van der Waals surface area contributed by atoms with Crippen LogP contribution in [0.5, 0.6) is 0 Å². The molecule has 2 nitrogen and oxygen atoms in total. The van der Waals surface area contributed by atoms with Gasteiger partial charge in [-0.25, -0.2) is 0 Å². The summed E-state index contributed by atoms with van der Waals surface area (Å²) in [5, 5.41) is 0. The third kappa shape index (κ3) is 4.39. The summed E-state index contributed by atoms with van der Waals surface area (Å²) in [5.74, 6) is 2.36. The van der Waals surface area contributed by atoms with E-state index in [0.29, 0.717) is 6.98 Å². The fourth-order valence-corrected chi connectivity index (χ4v) is 2.12. The van der Waals surface area contributed by atoms with Crippen molar-refractivity contribution in [3.8, 4) is 0 Å². The Morgan fingerprint density at radius 3 is 2.33 bits per heavy atom. The van der Waals surface area contributed by atoms with Crippen molar-refractivity contribution in [2.45, 2.75) is 39.0 Å². The van der Waals surface area contributed by atoms with Crippen molar-refractivity contribution >= 4 is 6.98 Å². The molecule has 0 saturated carbocycles. The minimum absolute atomic E-state index is 0.538. The van der Waals surface area contributed by atoms with Crippen molar-refractivity contribution < 1.29 is 0 Å². The molecule has 1 rings (SSSR count). The molecule has 3 heteroatoms. The summed E-state index contributed by atoms with van der Waals surface area (Å²) in [7, 11) is 4.41. The Kier molecular flexibility index (Phi) is 6.03. The van der Waals surface area contributed by atoms with Gasteiger partial charge in [0, 0.05) is 13.1 Å². The van der Waals surface area contributed by atoms with Crippen molar-refractivity contribution in [2.24, 2.45) is 0 Å². The van der Waals surface area contributed by atoms with Gasteiger partial charge in [0.05, 0.1) is 0 Å². The highest BCUT2D eigenvalue weighted by Crippen LogP contribution is 2.08. The van der Waals surface area contributed by atoms with E-state index in [4.69, 9.17) is 0 Å². The zero-order valence-corrected chi connectivity index (χ0v) is 10.6. The molecular weight excluding hydrogens is 183 g/mol. The Morgan fingerprint density at radius 1 is 1.07 bits per heavy atom. The van der Waals surface area contributed by atoms with E-state index in [0.717, 1.165) is 0 Å². The third-order valence-corrected chi connectivity index (χ3v) is 3.24. The van der Waals surface area contributed by atoms with Crippen LogP contribution >= 0.6 is 0 Å². The van der Waals surface area contributed by atoms with Crippen LogP contribution in [0, 0.1) is 0 Å². The van der Waals surface area contributed by atoms with Crippen LogP contribution in [-0.2, 0) is 0 Å². The van der Waals surface area contributed by atoms with Gasteiger partial charge in [-0.15, -0.1) is 0 Å². The van der Waals surface area contributed by atoms with Gasteiger partial charge in [0.15, 0.2) is 0 Å². The third-order valence-electron chi connectivity index (χ3n) is 3.24. The van der Waals surface area contributed by atoms with Crippen LogP contribution < -0.4 is 0 Å². The van der Waals surface area contributed by atoms with E-state index in [1.54, 1.807) is 0 Å². The Hall–Kier alpha value is -0.275. The van der Waals surface area contributed by atoms with E-state index >= 15 is 0 Å². The largest absolute Gasteiger partial charge is 0.337 e. The van der Waals surface area contributed by atoms with Crippen LogP contribution in [0.4, 0.5) is 0 Å². The molecule has 0 aromatic carbocycles. The zero-order valence-electron chi connectivity index (χ0n) is 10.6. The minimum atomic E-state index is 0.538. The molecule has 1 aliphatic rings. The maximum absolute atomic E-state index is 2.41. The minimum Gasteiger partial charge on any atom is -0.326 e. The molecule has 0 spiro atoms. The number of allylic oxidation sites excluding steroid dienone is 1. The second-order valence-electron chi connectivity index (χ2n) is 4.65. The van der Waals surface area contributed by atoms with Crippen LogP contribution in [0.3, 0.4) is 0 Å². The van der Waals surface area contributed by atoms with Crippen LogP contribution in [0.1, 0.15) is 39.0 Å². The van der Waals surface area contributed by atoms with E-state index in [1.807, 2.05) is 0 Å². The average Bonchev–Trinajstić information content (AvgIpc) is 2.54. The first kappa shape index (κ1) is 12.8. The molecule has 86 valence electrons. The molecule has 1 saturated heterocycles. The molecule has 0 N–H and O–H groups in total. The molecule has 1 fully saturated rings. The fourth-order valence-electron chi connectivity index (χ4n) is 2.12. The van der Waals surface area contributed by atoms with Crippen molar-refractivity contribution in [1.82, 2.24) is 9.62 Å². The molecule has 0 atom stereocenters. The molecule has 1 aliphatic heterocycles. The molecule has 0 aromatic rings. The Morgan fingerprint density at radius 2 is 1.73 bits per heavy atom. The maximum Gasteiger partial charge on any atom is 0.337 e. The van der Waals surface area contributed by atoms with Crippen LogP contribution in [-0.4, -0.2) is 43.8 Å². The number of nitrogens with zero attached hydrogens (tertiary/aromatic N) is 2. The molecule has 0 aromatic heterocycles. The average molecular weight is 208 g/mol. The topological polar surface area (TPSA) is 6.48 Å². The number of rotatable bonds is 6. The number of hydrogen-bond donors (Lipinski definition) is 0. The molecule has 15 heavy (non-hydrogen) atoms. The predicted octanol–water partition coefficient (Wildman–Crippen LogP) is 2.42. The summed E-state index contributed by atoms with van der Waals surface area (Å²) in [6.07, 6.45) is 9.06. The quantitative estimate of drug-likeness (QED) is 0.488. The van der Waals surface area contributed by atoms with E-state index in [1.165, 1.54) is 45.2 Å². The monoisotopic (exact) mass is 208 g/mol. The first-order chi connectivity index (χ1) is 7.25. The normalized spacial score (nSPS) is 19.5. The zero-order chi connectivity index (χ0) is 11.1. The van der Waals surface area contributed by atoms with Crippen molar-refractivity contribution in [1.29, 1.82) is 0 Å². The van der Waals surface area contributed by atoms with Gasteiger partial charge >= 0.3 is 6.98 Å². The van der Waals surface area contributed by atoms with Crippen LogP contribution in [0.2, 0.25) is 0 Å². The molecule has 1 heterocycles. The van der Waals surface area contributed by atoms with Gasteiger partial charge in [-0.1, -0.05) is 38.2 Å². The van der Waals surface area contributed by atoms with Gasteiger partial charge < -0.3 is 9.62 Å². The molecule has 0 amide bonds. The Bertz CT molecular complexity index is 184. The van der Waals surface area contributed by atoms with E-state index in [2.05, 4.69) is 42.7 Å². The van der Waals surface area contributed by atoms with E-state index < -0.39 is 0 Å². The van der Waals surface area contributed by atoms with Gasteiger partial charge in [-0.05, 0) is 26.9 Å². The summed E-state index contributed by atoms with van der Waals surface area (Å²) < 4.78 is 0. The van der Waals surface area contributed by atoms with Gasteiger partial charge in [-0.2, -0.15) is 0 Å². The van der Waals surface area contributed by atoms with E-state index in [-0.39, 0.29) is 0 Å². The maximum atomic E-state index is 2.41. The van der Waals surface area contributed by atoms with E-state index in [9.17, 15) is 0 Å². The predicted molar refractivity (Wildman–Crippen MR) is 68.9 cm³/mol. The van der Waals surface area contributed by atoms with Crippen molar-refractivity contribution in [2.75, 3.05) is 27.2 Å². The molecular formula is C12H25BN2. The van der Waals surface area contributed by atoms with Gasteiger partial charge in [-0.3, -0.25) is 0 Å². The summed E-state index contributed by atoms with van der Waals surface area (Å²) in [6.45, 7) is 5.19. The lowest BCUT2D eigenvalue weighted by Gasteiger charge is -2.16. The lowest BCUT2D eigenvalue weighted by molar-refractivity contribution is 0.553. The van der Waals surface area contributed by atoms with Gasteiger partial charge in [0.25, 0.3) is 0 Å². The lowest BCUT2D eigenvalue weighted by Crippen LogP contribution is -2.38.